The van der Waals surface area contributed by atoms with Gasteiger partial charge in [0.2, 0.25) is 5.91 Å². The molecule has 1 atom stereocenters. The largest absolute Gasteiger partial charge is 0.497 e. The van der Waals surface area contributed by atoms with E-state index in [4.69, 9.17) is 9.47 Å². The van der Waals surface area contributed by atoms with Gasteiger partial charge in [-0.2, -0.15) is 0 Å². The first-order valence-electron chi connectivity index (χ1n) is 8.71. The Kier molecular flexibility index (Phi) is 6.82. The summed E-state index contributed by atoms with van der Waals surface area (Å²) in [5.74, 6) is 1.23. The van der Waals surface area contributed by atoms with E-state index in [0.717, 1.165) is 22.6 Å². The van der Waals surface area contributed by atoms with E-state index < -0.39 is 0 Å². The van der Waals surface area contributed by atoms with Gasteiger partial charge in [0.05, 0.1) is 14.2 Å². The Bertz CT molecular complexity index is 802. The van der Waals surface area contributed by atoms with Crippen molar-refractivity contribution in [1.82, 2.24) is 10.2 Å². The number of carbonyl (C=O) groups excluding carboxylic acids is 2. The standard InChI is InChI=1S/C21H26N2O4/c1-14(12-20(24)22-2)23(3)21(25)16-8-6-15(7-9-16)18-13-17(26-4)10-11-19(18)27-5/h6-11,13-14H,12H2,1-5H3,(H,22,24)/t14-/m0/s1. The molecule has 0 radical (unpaired) electrons. The van der Waals surface area contributed by atoms with Crippen molar-refractivity contribution >= 4 is 11.8 Å². The minimum Gasteiger partial charge on any atom is -0.497 e. The van der Waals surface area contributed by atoms with Gasteiger partial charge >= 0.3 is 0 Å². The smallest absolute Gasteiger partial charge is 0.253 e. The van der Waals surface area contributed by atoms with E-state index in [2.05, 4.69) is 5.32 Å². The highest BCUT2D eigenvalue weighted by molar-refractivity contribution is 5.95. The van der Waals surface area contributed by atoms with Crippen molar-refractivity contribution in [3.05, 3.63) is 48.0 Å². The van der Waals surface area contributed by atoms with Crippen LogP contribution < -0.4 is 14.8 Å². The maximum atomic E-state index is 12.7. The minimum absolute atomic E-state index is 0.0948. The third-order valence-corrected chi connectivity index (χ3v) is 4.59. The molecule has 1 N–H and O–H groups in total. The van der Waals surface area contributed by atoms with Crippen LogP contribution in [0.1, 0.15) is 23.7 Å². The van der Waals surface area contributed by atoms with Crippen molar-refractivity contribution in [3.63, 3.8) is 0 Å². The van der Waals surface area contributed by atoms with Crippen molar-refractivity contribution in [2.45, 2.75) is 19.4 Å². The molecule has 0 aliphatic rings. The zero-order valence-corrected chi connectivity index (χ0v) is 16.4. The molecule has 0 aromatic heterocycles. The minimum atomic E-state index is -0.199. The fraction of sp³-hybridized carbons (Fsp3) is 0.333. The first-order valence-corrected chi connectivity index (χ1v) is 8.71. The van der Waals surface area contributed by atoms with Gasteiger partial charge in [0, 0.05) is 37.7 Å². The highest BCUT2D eigenvalue weighted by Gasteiger charge is 2.19. The summed E-state index contributed by atoms with van der Waals surface area (Å²) in [5.41, 5.74) is 2.37. The van der Waals surface area contributed by atoms with Crippen LogP contribution in [-0.2, 0) is 4.79 Å². The van der Waals surface area contributed by atoms with Crippen LogP contribution in [-0.4, -0.2) is 51.1 Å². The van der Waals surface area contributed by atoms with Crippen LogP contribution in [0.4, 0.5) is 0 Å². The number of methoxy groups -OCH3 is 2. The lowest BCUT2D eigenvalue weighted by Gasteiger charge is -2.24. The van der Waals surface area contributed by atoms with Crippen LogP contribution in [0.5, 0.6) is 11.5 Å². The zero-order chi connectivity index (χ0) is 20.0. The first-order chi connectivity index (χ1) is 12.9. The number of ether oxygens (including phenoxy) is 2. The molecular formula is C21H26N2O4. The molecule has 0 heterocycles. The zero-order valence-electron chi connectivity index (χ0n) is 16.4. The van der Waals surface area contributed by atoms with E-state index >= 15 is 0 Å². The fourth-order valence-electron chi connectivity index (χ4n) is 2.74. The van der Waals surface area contributed by atoms with Gasteiger partial charge in [-0.3, -0.25) is 9.59 Å². The number of hydrogen-bond donors (Lipinski definition) is 1. The predicted octanol–water partition coefficient (Wildman–Crippen LogP) is 2.97. The van der Waals surface area contributed by atoms with Gasteiger partial charge in [0.15, 0.2) is 0 Å². The molecule has 0 aliphatic carbocycles. The van der Waals surface area contributed by atoms with Gasteiger partial charge in [-0.05, 0) is 42.8 Å². The van der Waals surface area contributed by atoms with Crippen LogP contribution in [0, 0.1) is 0 Å². The summed E-state index contributed by atoms with van der Waals surface area (Å²) in [5, 5.41) is 2.58. The molecule has 27 heavy (non-hydrogen) atoms. The summed E-state index contributed by atoms with van der Waals surface area (Å²) >= 11 is 0. The Morgan fingerprint density at radius 1 is 1.07 bits per heavy atom. The molecule has 6 nitrogen and oxygen atoms in total. The molecule has 6 heteroatoms. The highest BCUT2D eigenvalue weighted by Crippen LogP contribution is 2.33. The maximum Gasteiger partial charge on any atom is 0.253 e. The fourth-order valence-corrected chi connectivity index (χ4v) is 2.74. The Labute approximate surface area is 160 Å². The van der Waals surface area contributed by atoms with Gasteiger partial charge < -0.3 is 19.7 Å². The molecule has 144 valence electrons. The Morgan fingerprint density at radius 2 is 1.74 bits per heavy atom. The van der Waals surface area contributed by atoms with Crippen LogP contribution in [0.3, 0.4) is 0 Å². The lowest BCUT2D eigenvalue weighted by atomic mass is 10.0. The number of nitrogens with zero attached hydrogens (tertiary/aromatic N) is 1. The molecule has 2 aromatic carbocycles. The van der Waals surface area contributed by atoms with Crippen molar-refractivity contribution in [2.75, 3.05) is 28.3 Å². The summed E-state index contributed by atoms with van der Waals surface area (Å²) < 4.78 is 10.7. The molecule has 0 saturated heterocycles. The van der Waals surface area contributed by atoms with E-state index in [-0.39, 0.29) is 24.3 Å². The molecule has 2 amide bonds. The molecule has 0 saturated carbocycles. The van der Waals surface area contributed by atoms with Gasteiger partial charge in [0.1, 0.15) is 11.5 Å². The lowest BCUT2D eigenvalue weighted by molar-refractivity contribution is -0.121. The number of nitrogens with one attached hydrogen (secondary N) is 1. The third kappa shape index (κ3) is 4.78. The van der Waals surface area contributed by atoms with E-state index in [1.807, 2.05) is 37.3 Å². The molecule has 0 fully saturated rings. The second kappa shape index (κ2) is 9.07. The van der Waals surface area contributed by atoms with E-state index in [9.17, 15) is 9.59 Å². The van der Waals surface area contributed by atoms with Crippen LogP contribution in [0.2, 0.25) is 0 Å². The summed E-state index contributed by atoms with van der Waals surface area (Å²) in [4.78, 5) is 25.8. The Balaban J connectivity index is 2.22. The monoisotopic (exact) mass is 370 g/mol. The summed E-state index contributed by atoms with van der Waals surface area (Å²) in [6.45, 7) is 1.85. The maximum absolute atomic E-state index is 12.7. The van der Waals surface area contributed by atoms with Crippen LogP contribution >= 0.6 is 0 Å². The van der Waals surface area contributed by atoms with Crippen molar-refractivity contribution < 1.29 is 19.1 Å². The Morgan fingerprint density at radius 3 is 2.30 bits per heavy atom. The van der Waals surface area contributed by atoms with Gasteiger partial charge in [-0.25, -0.2) is 0 Å². The lowest BCUT2D eigenvalue weighted by Crippen LogP contribution is -2.38. The van der Waals surface area contributed by atoms with Gasteiger partial charge in [-0.15, -0.1) is 0 Å². The topological polar surface area (TPSA) is 67.9 Å². The van der Waals surface area contributed by atoms with Crippen molar-refractivity contribution in [3.8, 4) is 22.6 Å². The molecular weight excluding hydrogens is 344 g/mol. The number of benzene rings is 2. The second-order valence-electron chi connectivity index (χ2n) is 6.29. The van der Waals surface area contributed by atoms with Crippen LogP contribution in [0.25, 0.3) is 11.1 Å². The third-order valence-electron chi connectivity index (χ3n) is 4.59. The quantitative estimate of drug-likeness (QED) is 0.814. The van der Waals surface area contributed by atoms with Crippen molar-refractivity contribution in [2.24, 2.45) is 0 Å². The SMILES string of the molecule is CNC(=O)C[C@H](C)N(C)C(=O)c1ccc(-c2cc(OC)ccc2OC)cc1. The summed E-state index contributed by atoms with van der Waals surface area (Å²) in [7, 11) is 6.52. The first kappa shape index (κ1) is 20.3. The number of rotatable bonds is 7. The normalized spacial score (nSPS) is 11.4. The number of carbonyl (C=O) groups is 2. The summed E-state index contributed by atoms with van der Waals surface area (Å²) in [6.07, 6.45) is 0.262. The molecule has 0 aliphatic heterocycles. The second-order valence-corrected chi connectivity index (χ2v) is 6.29. The van der Waals surface area contributed by atoms with E-state index in [1.165, 1.54) is 0 Å². The average molecular weight is 370 g/mol. The van der Waals surface area contributed by atoms with Gasteiger partial charge in [0.25, 0.3) is 5.91 Å². The molecule has 2 rings (SSSR count). The van der Waals surface area contributed by atoms with E-state index in [1.54, 1.807) is 45.3 Å². The van der Waals surface area contributed by atoms with Gasteiger partial charge in [-0.1, -0.05) is 12.1 Å². The van der Waals surface area contributed by atoms with Crippen LogP contribution in [0.15, 0.2) is 42.5 Å². The van der Waals surface area contributed by atoms with E-state index in [0.29, 0.717) is 5.56 Å². The molecule has 2 aromatic rings. The number of amides is 2. The average Bonchev–Trinajstić information content (AvgIpc) is 2.71. The van der Waals surface area contributed by atoms with Crippen molar-refractivity contribution in [1.29, 1.82) is 0 Å². The number of hydrogen-bond acceptors (Lipinski definition) is 4. The molecule has 0 bridgehead atoms. The highest BCUT2D eigenvalue weighted by atomic mass is 16.5. The predicted molar refractivity (Wildman–Crippen MR) is 105 cm³/mol. The molecule has 0 unspecified atom stereocenters. The summed E-state index contributed by atoms with van der Waals surface area (Å²) in [6, 6.07) is 12.7. The molecule has 0 spiro atoms. The Hall–Kier alpha value is -3.02.